The Bertz CT molecular complexity index is 1040. The molecule has 2 aromatic carbocycles. The van der Waals surface area contributed by atoms with Gasteiger partial charge in [0.05, 0.1) is 5.54 Å². The van der Waals surface area contributed by atoms with E-state index in [9.17, 15) is 9.90 Å². The van der Waals surface area contributed by atoms with Crippen LogP contribution in [-0.2, 0) is 16.8 Å². The maximum atomic E-state index is 11.8. The molecular weight excluding hydrogens is 332 g/mol. The Kier molecular flexibility index (Phi) is 3.09. The van der Waals surface area contributed by atoms with Crippen LogP contribution in [0.15, 0.2) is 42.5 Å². The molecular formula is C20H18N2O4. The molecule has 2 aliphatic heterocycles. The molecule has 3 aromatic rings. The van der Waals surface area contributed by atoms with E-state index in [1.54, 1.807) is 0 Å². The molecule has 5 rings (SSSR count). The highest BCUT2D eigenvalue weighted by atomic mass is 16.7. The lowest BCUT2D eigenvalue weighted by molar-refractivity contribution is -0.140. The molecule has 2 atom stereocenters. The van der Waals surface area contributed by atoms with E-state index in [-0.39, 0.29) is 6.79 Å². The van der Waals surface area contributed by atoms with E-state index in [1.807, 2.05) is 49.4 Å². The Morgan fingerprint density at radius 2 is 2.00 bits per heavy atom. The summed E-state index contributed by atoms with van der Waals surface area (Å²) in [6.07, 6.45) is 0.439. The fourth-order valence-electron chi connectivity index (χ4n) is 4.10. The van der Waals surface area contributed by atoms with Gasteiger partial charge in [0.2, 0.25) is 6.79 Å². The number of H-pyrrole nitrogens is 1. The molecule has 132 valence electrons. The zero-order valence-corrected chi connectivity index (χ0v) is 14.2. The molecule has 0 bridgehead atoms. The van der Waals surface area contributed by atoms with Crippen molar-refractivity contribution in [2.75, 3.05) is 6.79 Å². The van der Waals surface area contributed by atoms with Gasteiger partial charge in [0, 0.05) is 23.0 Å². The molecule has 0 aliphatic carbocycles. The van der Waals surface area contributed by atoms with Gasteiger partial charge in [0.25, 0.3) is 0 Å². The van der Waals surface area contributed by atoms with Crippen LogP contribution < -0.4 is 14.8 Å². The van der Waals surface area contributed by atoms with Crippen LogP contribution in [0.4, 0.5) is 0 Å². The van der Waals surface area contributed by atoms with Crippen molar-refractivity contribution in [3.05, 3.63) is 59.3 Å². The number of benzene rings is 2. The fourth-order valence-corrected chi connectivity index (χ4v) is 4.10. The average Bonchev–Trinajstić information content (AvgIpc) is 3.25. The Balaban J connectivity index is 1.74. The number of nitrogens with one attached hydrogen (secondary N) is 2. The number of fused-ring (bicyclic) bond motifs is 4. The number of hydrogen-bond donors (Lipinski definition) is 3. The van der Waals surface area contributed by atoms with E-state index < -0.39 is 17.6 Å². The average molecular weight is 350 g/mol. The number of aromatic nitrogens is 1. The topological polar surface area (TPSA) is 83.6 Å². The molecule has 1 aromatic heterocycles. The van der Waals surface area contributed by atoms with E-state index in [1.165, 1.54) is 0 Å². The van der Waals surface area contributed by atoms with Crippen molar-refractivity contribution in [1.82, 2.24) is 10.3 Å². The summed E-state index contributed by atoms with van der Waals surface area (Å²) >= 11 is 0. The minimum atomic E-state index is -0.854. The van der Waals surface area contributed by atoms with Crippen molar-refractivity contribution in [1.29, 1.82) is 0 Å². The van der Waals surface area contributed by atoms with Crippen LogP contribution in [0.25, 0.3) is 10.9 Å². The lowest BCUT2D eigenvalue weighted by atomic mass is 9.80. The van der Waals surface area contributed by atoms with Crippen LogP contribution >= 0.6 is 0 Å². The molecule has 0 spiro atoms. The lowest BCUT2D eigenvalue weighted by Gasteiger charge is -2.39. The van der Waals surface area contributed by atoms with Crippen LogP contribution in [0.1, 0.15) is 23.7 Å². The molecule has 2 unspecified atom stereocenters. The molecule has 0 amide bonds. The fraction of sp³-hybridized carbons (Fsp3) is 0.250. The smallest absolute Gasteiger partial charge is 0.321 e. The van der Waals surface area contributed by atoms with Crippen molar-refractivity contribution in [3.8, 4) is 11.5 Å². The molecule has 3 heterocycles. The number of rotatable bonds is 2. The standard InChI is InChI=1S/C20H18N2O4/c1-20(11-6-7-16-17(8-11)26-10-25-16)18-13(9-15(22-20)19(23)24)12-4-2-3-5-14(12)21-18/h2-8,15,21-22H,9-10H2,1H3,(H,23,24). The van der Waals surface area contributed by atoms with Crippen molar-refractivity contribution in [3.63, 3.8) is 0 Å². The van der Waals surface area contributed by atoms with Gasteiger partial charge in [-0.25, -0.2) is 0 Å². The minimum absolute atomic E-state index is 0.207. The van der Waals surface area contributed by atoms with E-state index in [0.29, 0.717) is 17.9 Å². The Hall–Kier alpha value is -2.99. The number of aliphatic carboxylic acids is 1. The second kappa shape index (κ2) is 5.25. The normalized spacial score (nSPS) is 23.8. The first-order valence-electron chi connectivity index (χ1n) is 8.57. The van der Waals surface area contributed by atoms with Gasteiger partial charge in [-0.05, 0) is 36.2 Å². The van der Waals surface area contributed by atoms with Gasteiger partial charge < -0.3 is 19.6 Å². The Labute approximate surface area is 149 Å². The second-order valence-electron chi connectivity index (χ2n) is 6.96. The highest BCUT2D eigenvalue weighted by Gasteiger charge is 2.42. The molecule has 3 N–H and O–H groups in total. The largest absolute Gasteiger partial charge is 0.480 e. The minimum Gasteiger partial charge on any atom is -0.480 e. The molecule has 0 fully saturated rings. The van der Waals surface area contributed by atoms with Crippen LogP contribution in [0.3, 0.4) is 0 Å². The van der Waals surface area contributed by atoms with Gasteiger partial charge >= 0.3 is 5.97 Å². The summed E-state index contributed by atoms with van der Waals surface area (Å²) in [6.45, 7) is 2.21. The quantitative estimate of drug-likeness (QED) is 0.662. The predicted octanol–water partition coefficient (Wildman–Crippen LogP) is 2.76. The van der Waals surface area contributed by atoms with Crippen LogP contribution in [0.2, 0.25) is 0 Å². The van der Waals surface area contributed by atoms with Crippen molar-refractivity contribution in [2.24, 2.45) is 0 Å². The third-order valence-electron chi connectivity index (χ3n) is 5.43. The molecule has 6 nitrogen and oxygen atoms in total. The van der Waals surface area contributed by atoms with Crippen LogP contribution in [0, 0.1) is 0 Å². The molecule has 0 radical (unpaired) electrons. The third-order valence-corrected chi connectivity index (χ3v) is 5.43. The van der Waals surface area contributed by atoms with Gasteiger partial charge in [-0.15, -0.1) is 0 Å². The SMILES string of the molecule is CC1(c2ccc3c(c2)OCO3)NC(C(=O)O)Cc2c1[nH]c1ccccc21. The van der Waals surface area contributed by atoms with Gasteiger partial charge in [-0.1, -0.05) is 24.3 Å². The zero-order valence-electron chi connectivity index (χ0n) is 14.2. The summed E-state index contributed by atoms with van der Waals surface area (Å²) in [4.78, 5) is 15.3. The number of para-hydroxylation sites is 1. The summed E-state index contributed by atoms with van der Waals surface area (Å²) in [6, 6.07) is 13.1. The van der Waals surface area contributed by atoms with E-state index in [0.717, 1.165) is 27.7 Å². The highest BCUT2D eigenvalue weighted by Crippen LogP contribution is 2.42. The van der Waals surface area contributed by atoms with E-state index >= 15 is 0 Å². The number of aromatic amines is 1. The summed E-state index contributed by atoms with van der Waals surface area (Å²) in [5.74, 6) is 0.536. The summed E-state index contributed by atoms with van der Waals surface area (Å²) in [5.41, 5.74) is 3.30. The Morgan fingerprint density at radius 3 is 2.85 bits per heavy atom. The number of hydrogen-bond acceptors (Lipinski definition) is 4. The first kappa shape index (κ1) is 15.3. The highest BCUT2D eigenvalue weighted by molar-refractivity contribution is 5.87. The number of carboxylic acid groups (broad SMARTS) is 1. The zero-order chi connectivity index (χ0) is 17.9. The monoisotopic (exact) mass is 350 g/mol. The molecule has 26 heavy (non-hydrogen) atoms. The number of ether oxygens (including phenoxy) is 2. The first-order chi connectivity index (χ1) is 12.6. The van der Waals surface area contributed by atoms with Gasteiger partial charge in [-0.3, -0.25) is 10.1 Å². The van der Waals surface area contributed by atoms with Gasteiger partial charge in [0.15, 0.2) is 11.5 Å². The summed E-state index contributed by atoms with van der Waals surface area (Å²) < 4.78 is 10.9. The molecule has 2 aliphatic rings. The van der Waals surface area contributed by atoms with Crippen molar-refractivity contribution < 1.29 is 19.4 Å². The maximum Gasteiger partial charge on any atom is 0.321 e. The second-order valence-corrected chi connectivity index (χ2v) is 6.96. The lowest BCUT2D eigenvalue weighted by Crippen LogP contribution is -2.54. The first-order valence-corrected chi connectivity index (χ1v) is 8.57. The van der Waals surface area contributed by atoms with Crippen molar-refractivity contribution in [2.45, 2.75) is 24.9 Å². The van der Waals surface area contributed by atoms with Crippen LogP contribution in [0.5, 0.6) is 11.5 Å². The Morgan fingerprint density at radius 1 is 1.19 bits per heavy atom. The molecule has 0 saturated carbocycles. The van der Waals surface area contributed by atoms with E-state index in [4.69, 9.17) is 9.47 Å². The van der Waals surface area contributed by atoms with E-state index in [2.05, 4.69) is 10.3 Å². The van der Waals surface area contributed by atoms with Crippen LogP contribution in [-0.4, -0.2) is 28.9 Å². The maximum absolute atomic E-state index is 11.8. The predicted molar refractivity (Wildman–Crippen MR) is 95.6 cm³/mol. The molecule has 6 heteroatoms. The number of carboxylic acids is 1. The number of carbonyl (C=O) groups is 1. The van der Waals surface area contributed by atoms with Gasteiger partial charge in [0.1, 0.15) is 6.04 Å². The van der Waals surface area contributed by atoms with Gasteiger partial charge in [-0.2, -0.15) is 0 Å². The summed E-state index contributed by atoms with van der Waals surface area (Å²) in [5, 5.41) is 14.1. The third kappa shape index (κ3) is 2.05. The molecule has 0 saturated heterocycles. The summed E-state index contributed by atoms with van der Waals surface area (Å²) in [7, 11) is 0. The van der Waals surface area contributed by atoms with Crippen molar-refractivity contribution >= 4 is 16.9 Å².